The molecule has 0 aromatic heterocycles. The number of benzene rings is 1. The highest BCUT2D eigenvalue weighted by molar-refractivity contribution is 7.89. The predicted molar refractivity (Wildman–Crippen MR) is 70.5 cm³/mol. The number of hydrogen-bond donors (Lipinski definition) is 1. The van der Waals surface area contributed by atoms with E-state index in [4.69, 9.17) is 17.3 Å². The molecule has 0 saturated heterocycles. The monoisotopic (exact) mass is 294 g/mol. The van der Waals surface area contributed by atoms with Gasteiger partial charge in [0, 0.05) is 18.1 Å². The molecular weight excluding hydrogens is 279 g/mol. The molecule has 2 N–H and O–H groups in total. The molecule has 0 aliphatic carbocycles. The number of rotatable bonds is 5. The van der Waals surface area contributed by atoms with Crippen LogP contribution in [0.5, 0.6) is 0 Å². The predicted octanol–water partition coefficient (Wildman–Crippen LogP) is 2.48. The second-order valence-corrected chi connectivity index (χ2v) is 6.15. The molecule has 7 heteroatoms. The van der Waals surface area contributed by atoms with Crippen molar-refractivity contribution in [2.45, 2.75) is 25.2 Å². The van der Waals surface area contributed by atoms with Crippen molar-refractivity contribution in [3.05, 3.63) is 23.0 Å². The molecule has 1 aromatic carbocycles. The average Bonchev–Trinajstić information content (AvgIpc) is 2.30. The Bertz CT molecular complexity index is 534. The van der Waals surface area contributed by atoms with Gasteiger partial charge in [0.05, 0.1) is 5.69 Å². The van der Waals surface area contributed by atoms with Crippen LogP contribution in [0.1, 0.15) is 20.3 Å². The molecule has 0 bridgehead atoms. The first-order valence-electron chi connectivity index (χ1n) is 5.59. The van der Waals surface area contributed by atoms with Gasteiger partial charge in [-0.3, -0.25) is 0 Å². The van der Waals surface area contributed by atoms with Gasteiger partial charge in [0.15, 0.2) is 5.82 Å². The molecule has 0 aliphatic heterocycles. The fourth-order valence-electron chi connectivity index (χ4n) is 1.61. The summed E-state index contributed by atoms with van der Waals surface area (Å²) in [4.78, 5) is -0.470. The third kappa shape index (κ3) is 2.93. The lowest BCUT2D eigenvalue weighted by molar-refractivity contribution is 0.423. The van der Waals surface area contributed by atoms with Gasteiger partial charge < -0.3 is 5.73 Å². The topological polar surface area (TPSA) is 63.4 Å². The van der Waals surface area contributed by atoms with Gasteiger partial charge in [-0.05, 0) is 18.6 Å². The third-order valence-electron chi connectivity index (χ3n) is 2.48. The largest absolute Gasteiger partial charge is 0.396 e. The number of sulfonamides is 1. The molecule has 0 fully saturated rings. The van der Waals surface area contributed by atoms with Crippen LogP contribution in [-0.2, 0) is 10.0 Å². The highest BCUT2D eigenvalue weighted by Gasteiger charge is 2.27. The van der Waals surface area contributed by atoms with Gasteiger partial charge in [-0.2, -0.15) is 4.31 Å². The minimum absolute atomic E-state index is 0.0972. The Morgan fingerprint density at radius 2 is 2.00 bits per heavy atom. The Hall–Kier alpha value is -0.850. The lowest BCUT2D eigenvalue weighted by atomic mass is 10.3. The van der Waals surface area contributed by atoms with E-state index in [1.165, 1.54) is 10.4 Å². The van der Waals surface area contributed by atoms with E-state index in [1.54, 1.807) is 6.92 Å². The van der Waals surface area contributed by atoms with E-state index in [0.29, 0.717) is 13.0 Å². The fourth-order valence-corrected chi connectivity index (χ4v) is 3.56. The first-order valence-corrected chi connectivity index (χ1v) is 7.41. The second-order valence-electron chi connectivity index (χ2n) is 3.80. The van der Waals surface area contributed by atoms with Crippen molar-refractivity contribution >= 4 is 27.3 Å². The lowest BCUT2D eigenvalue weighted by Crippen LogP contribution is -2.32. The molecule has 1 rings (SSSR count). The zero-order valence-electron chi connectivity index (χ0n) is 10.3. The number of anilines is 1. The molecule has 4 nitrogen and oxygen atoms in total. The van der Waals surface area contributed by atoms with Crippen molar-refractivity contribution in [1.29, 1.82) is 0 Å². The molecule has 102 valence electrons. The first kappa shape index (κ1) is 15.2. The molecule has 1 aromatic rings. The van der Waals surface area contributed by atoms with Gasteiger partial charge >= 0.3 is 0 Å². The van der Waals surface area contributed by atoms with Crippen LogP contribution in [-0.4, -0.2) is 25.8 Å². The van der Waals surface area contributed by atoms with Crippen molar-refractivity contribution in [3.8, 4) is 0 Å². The van der Waals surface area contributed by atoms with Gasteiger partial charge in [0.1, 0.15) is 4.90 Å². The van der Waals surface area contributed by atoms with E-state index < -0.39 is 20.7 Å². The summed E-state index contributed by atoms with van der Waals surface area (Å²) in [6, 6.07) is 2.27. The minimum Gasteiger partial charge on any atom is -0.396 e. The zero-order chi connectivity index (χ0) is 13.9. The average molecular weight is 295 g/mol. The van der Waals surface area contributed by atoms with Crippen LogP contribution in [0.4, 0.5) is 10.1 Å². The van der Waals surface area contributed by atoms with Gasteiger partial charge in [-0.15, -0.1) is 0 Å². The quantitative estimate of drug-likeness (QED) is 0.849. The highest BCUT2D eigenvalue weighted by Crippen LogP contribution is 2.27. The summed E-state index contributed by atoms with van der Waals surface area (Å²) in [5.74, 6) is -0.950. The molecule has 0 unspecified atom stereocenters. The Morgan fingerprint density at radius 3 is 2.50 bits per heavy atom. The van der Waals surface area contributed by atoms with Crippen LogP contribution in [0.2, 0.25) is 5.02 Å². The molecular formula is C11H16ClFN2O2S. The maximum absolute atomic E-state index is 13.8. The SMILES string of the molecule is CCCN(CC)S(=O)(=O)c1cc(Cl)cc(N)c1F. The first-order chi connectivity index (χ1) is 8.34. The number of nitrogen functional groups attached to an aromatic ring is 1. The van der Waals surface area contributed by atoms with Crippen molar-refractivity contribution in [1.82, 2.24) is 4.31 Å². The minimum atomic E-state index is -3.90. The summed E-state index contributed by atoms with van der Waals surface area (Å²) in [6.07, 6.45) is 0.644. The molecule has 0 aliphatic rings. The van der Waals surface area contributed by atoms with Crippen molar-refractivity contribution < 1.29 is 12.8 Å². The summed E-state index contributed by atoms with van der Waals surface area (Å²) < 4.78 is 39.5. The Morgan fingerprint density at radius 1 is 1.39 bits per heavy atom. The van der Waals surface area contributed by atoms with E-state index in [-0.39, 0.29) is 17.3 Å². The van der Waals surface area contributed by atoms with E-state index in [9.17, 15) is 12.8 Å². The molecule has 0 spiro atoms. The third-order valence-corrected chi connectivity index (χ3v) is 4.67. The van der Waals surface area contributed by atoms with Gasteiger partial charge in [-0.1, -0.05) is 25.4 Å². The van der Waals surface area contributed by atoms with Crippen molar-refractivity contribution in [2.75, 3.05) is 18.8 Å². The summed E-state index contributed by atoms with van der Waals surface area (Å²) in [5.41, 5.74) is 5.12. The fraction of sp³-hybridized carbons (Fsp3) is 0.455. The Kier molecular flexibility index (Phi) is 4.95. The highest BCUT2D eigenvalue weighted by atomic mass is 35.5. The van der Waals surface area contributed by atoms with E-state index >= 15 is 0 Å². The molecule has 0 heterocycles. The molecule has 0 atom stereocenters. The van der Waals surface area contributed by atoms with Crippen LogP contribution in [0.15, 0.2) is 17.0 Å². The zero-order valence-corrected chi connectivity index (χ0v) is 11.9. The van der Waals surface area contributed by atoms with Gasteiger partial charge in [-0.25, -0.2) is 12.8 Å². The summed E-state index contributed by atoms with van der Waals surface area (Å²) in [7, 11) is -3.90. The molecule has 18 heavy (non-hydrogen) atoms. The van der Waals surface area contributed by atoms with E-state index in [2.05, 4.69) is 0 Å². The maximum atomic E-state index is 13.8. The molecule has 0 saturated carbocycles. The second kappa shape index (κ2) is 5.86. The Labute approximate surface area is 112 Å². The summed E-state index contributed by atoms with van der Waals surface area (Å²) >= 11 is 5.72. The normalized spacial score (nSPS) is 12.1. The number of halogens is 2. The summed E-state index contributed by atoms with van der Waals surface area (Å²) in [5, 5.41) is 0.0972. The van der Waals surface area contributed by atoms with Crippen LogP contribution in [0, 0.1) is 5.82 Å². The number of nitrogens with zero attached hydrogens (tertiary/aromatic N) is 1. The van der Waals surface area contributed by atoms with Crippen LogP contribution in [0.3, 0.4) is 0 Å². The Balaban J connectivity index is 3.36. The van der Waals surface area contributed by atoms with Crippen LogP contribution >= 0.6 is 11.6 Å². The molecule has 0 amide bonds. The van der Waals surface area contributed by atoms with E-state index in [0.717, 1.165) is 6.07 Å². The lowest BCUT2D eigenvalue weighted by Gasteiger charge is -2.20. The standard InChI is InChI=1S/C11H16ClFN2O2S/c1-3-5-15(4-2)18(16,17)10-7-8(12)6-9(14)11(10)13/h6-7H,3-5,14H2,1-2H3. The van der Waals surface area contributed by atoms with Crippen LogP contribution in [0.25, 0.3) is 0 Å². The summed E-state index contributed by atoms with van der Waals surface area (Å²) in [6.45, 7) is 4.13. The smallest absolute Gasteiger partial charge is 0.246 e. The van der Waals surface area contributed by atoms with E-state index in [1.807, 2.05) is 6.92 Å². The van der Waals surface area contributed by atoms with Crippen molar-refractivity contribution in [2.24, 2.45) is 0 Å². The van der Waals surface area contributed by atoms with Gasteiger partial charge in [0.2, 0.25) is 10.0 Å². The number of hydrogen-bond acceptors (Lipinski definition) is 3. The number of nitrogens with two attached hydrogens (primary N) is 1. The molecule has 0 radical (unpaired) electrons. The van der Waals surface area contributed by atoms with Crippen molar-refractivity contribution in [3.63, 3.8) is 0 Å². The van der Waals surface area contributed by atoms with Gasteiger partial charge in [0.25, 0.3) is 0 Å². The van der Waals surface area contributed by atoms with Crippen LogP contribution < -0.4 is 5.73 Å². The maximum Gasteiger partial charge on any atom is 0.246 e.